The van der Waals surface area contributed by atoms with Crippen molar-refractivity contribution in [3.05, 3.63) is 164 Å². The maximum absolute atomic E-state index is 2.41. The molecule has 0 saturated heterocycles. The van der Waals surface area contributed by atoms with Crippen molar-refractivity contribution >= 4 is 49.8 Å². The number of nitrogens with zero attached hydrogens (tertiary/aromatic N) is 1. The largest absolute Gasteiger partial charge is 0.309 e. The molecule has 1 heterocycles. The summed E-state index contributed by atoms with van der Waals surface area (Å²) in [5.74, 6) is 0. The summed E-state index contributed by atoms with van der Waals surface area (Å²) in [6.45, 7) is 0. The normalized spacial score (nSPS) is 11.7. The molecule has 0 N–H and O–H groups in total. The minimum absolute atomic E-state index is 1.17. The fourth-order valence-electron chi connectivity index (χ4n) is 6.51. The van der Waals surface area contributed by atoms with Gasteiger partial charge in [0.25, 0.3) is 0 Å². The van der Waals surface area contributed by atoms with Gasteiger partial charge in [-0.3, -0.25) is 0 Å². The average molecular weight is 484 g/mol. The van der Waals surface area contributed by atoms with E-state index in [0.717, 1.165) is 0 Å². The molecular formula is C36H27BN-. The smallest absolute Gasteiger partial charge is 0.108 e. The molecule has 0 aliphatic heterocycles. The van der Waals surface area contributed by atoms with E-state index < -0.39 is 6.15 Å². The first-order valence-electron chi connectivity index (χ1n) is 13.3. The molecule has 0 unspecified atom stereocenters. The van der Waals surface area contributed by atoms with Crippen LogP contribution < -0.4 is 21.9 Å². The average Bonchev–Trinajstić information content (AvgIpc) is 3.34. The maximum Gasteiger partial charge on any atom is 0.108 e. The molecule has 0 saturated carbocycles. The molecule has 0 aliphatic carbocycles. The summed E-state index contributed by atoms with van der Waals surface area (Å²) in [6, 6.07) is 59.6. The zero-order valence-electron chi connectivity index (χ0n) is 21.1. The fourth-order valence-corrected chi connectivity index (χ4v) is 6.51. The van der Waals surface area contributed by atoms with Gasteiger partial charge in [0.15, 0.2) is 0 Å². The third kappa shape index (κ3) is 3.42. The number of aromatic nitrogens is 1. The van der Waals surface area contributed by atoms with Gasteiger partial charge in [-0.1, -0.05) is 146 Å². The lowest BCUT2D eigenvalue weighted by atomic mass is 9.13. The van der Waals surface area contributed by atoms with E-state index in [4.69, 9.17) is 0 Å². The zero-order valence-corrected chi connectivity index (χ0v) is 21.1. The molecule has 0 radical (unpaired) electrons. The molecule has 6 aromatic carbocycles. The third-order valence-electron chi connectivity index (χ3n) is 8.11. The van der Waals surface area contributed by atoms with Gasteiger partial charge in [-0.25, -0.2) is 0 Å². The first kappa shape index (κ1) is 22.4. The minimum Gasteiger partial charge on any atom is -0.309 e. The van der Waals surface area contributed by atoms with E-state index in [9.17, 15) is 0 Å². The second-order valence-electron chi connectivity index (χ2n) is 10.1. The van der Waals surface area contributed by atoms with Crippen LogP contribution in [0, 0.1) is 0 Å². The molecule has 0 bridgehead atoms. The Labute approximate surface area is 223 Å². The van der Waals surface area contributed by atoms with Crippen LogP contribution >= 0.6 is 0 Å². The van der Waals surface area contributed by atoms with Crippen molar-refractivity contribution in [3.63, 3.8) is 0 Å². The summed E-state index contributed by atoms with van der Waals surface area (Å²) < 4.78 is 2.41. The van der Waals surface area contributed by atoms with E-state index in [1.807, 2.05) is 0 Å². The third-order valence-corrected chi connectivity index (χ3v) is 8.11. The highest BCUT2D eigenvalue weighted by atomic mass is 15.0. The monoisotopic (exact) mass is 484 g/mol. The Morgan fingerprint density at radius 2 is 0.737 bits per heavy atom. The van der Waals surface area contributed by atoms with Crippen LogP contribution in [0.1, 0.15) is 0 Å². The Balaban J connectivity index is 1.58. The van der Waals surface area contributed by atoms with Crippen molar-refractivity contribution < 1.29 is 0 Å². The Bertz CT molecular complexity index is 1700. The van der Waals surface area contributed by atoms with E-state index in [2.05, 4.69) is 168 Å². The van der Waals surface area contributed by atoms with Crippen LogP contribution in [-0.4, -0.2) is 10.7 Å². The number of para-hydroxylation sites is 2. The van der Waals surface area contributed by atoms with Crippen molar-refractivity contribution in [2.75, 3.05) is 0 Å². The number of hydrogen-bond acceptors (Lipinski definition) is 0. The predicted molar refractivity (Wildman–Crippen MR) is 164 cm³/mol. The first-order valence-corrected chi connectivity index (χ1v) is 13.3. The quantitative estimate of drug-likeness (QED) is 0.258. The van der Waals surface area contributed by atoms with E-state index in [0.29, 0.717) is 0 Å². The Kier molecular flexibility index (Phi) is 5.45. The molecule has 1 nitrogen and oxygen atoms in total. The van der Waals surface area contributed by atoms with E-state index >= 15 is 0 Å². The lowest BCUT2D eigenvalue weighted by Gasteiger charge is -2.44. The number of fused-ring (bicyclic) bond motifs is 3. The first-order chi connectivity index (χ1) is 18.9. The van der Waals surface area contributed by atoms with Crippen LogP contribution in [0.15, 0.2) is 164 Å². The molecule has 0 amide bonds. The van der Waals surface area contributed by atoms with Crippen LogP contribution in [0.2, 0.25) is 0 Å². The second-order valence-corrected chi connectivity index (χ2v) is 10.1. The van der Waals surface area contributed by atoms with Crippen LogP contribution in [0.5, 0.6) is 0 Å². The van der Waals surface area contributed by atoms with Crippen LogP contribution in [-0.2, 0) is 0 Å². The lowest BCUT2D eigenvalue weighted by Crippen LogP contribution is -2.74. The molecule has 0 aliphatic rings. The highest BCUT2D eigenvalue weighted by molar-refractivity contribution is 7.19. The number of rotatable bonds is 5. The molecule has 7 rings (SSSR count). The van der Waals surface area contributed by atoms with Crippen molar-refractivity contribution in [2.24, 2.45) is 0 Å². The van der Waals surface area contributed by atoms with Crippen LogP contribution in [0.4, 0.5) is 0 Å². The summed E-state index contributed by atoms with van der Waals surface area (Å²) in [6.07, 6.45) is -1.43. The highest BCUT2D eigenvalue weighted by Crippen LogP contribution is 2.31. The summed E-state index contributed by atoms with van der Waals surface area (Å²) in [5.41, 5.74) is 8.85. The maximum atomic E-state index is 2.41. The van der Waals surface area contributed by atoms with E-state index in [1.54, 1.807) is 0 Å². The zero-order chi connectivity index (χ0) is 25.4. The summed E-state index contributed by atoms with van der Waals surface area (Å²) in [5, 5.41) is 2.55. The van der Waals surface area contributed by atoms with Crippen molar-refractivity contribution in [2.45, 2.75) is 0 Å². The van der Waals surface area contributed by atoms with E-state index in [-0.39, 0.29) is 0 Å². The molecule has 0 fully saturated rings. The van der Waals surface area contributed by atoms with Gasteiger partial charge in [-0.2, -0.15) is 21.9 Å². The Hall–Kier alpha value is -4.82. The Morgan fingerprint density at radius 1 is 0.342 bits per heavy atom. The van der Waals surface area contributed by atoms with Gasteiger partial charge in [-0.15, -0.1) is 0 Å². The van der Waals surface area contributed by atoms with Crippen molar-refractivity contribution in [3.8, 4) is 5.69 Å². The van der Waals surface area contributed by atoms with Crippen LogP contribution in [0.3, 0.4) is 0 Å². The van der Waals surface area contributed by atoms with E-state index in [1.165, 1.54) is 49.3 Å². The van der Waals surface area contributed by atoms with Crippen molar-refractivity contribution in [1.82, 2.24) is 4.57 Å². The predicted octanol–water partition coefficient (Wildman–Crippen LogP) is 6.16. The van der Waals surface area contributed by atoms with Gasteiger partial charge in [0.2, 0.25) is 0 Å². The molecule has 180 valence electrons. The lowest BCUT2D eigenvalue weighted by molar-refractivity contribution is 1.18. The molecule has 1 aromatic heterocycles. The minimum atomic E-state index is -1.43. The topological polar surface area (TPSA) is 4.93 Å². The fraction of sp³-hybridized carbons (Fsp3) is 0. The number of hydrogen-bond donors (Lipinski definition) is 0. The second kappa shape index (κ2) is 9.25. The molecule has 38 heavy (non-hydrogen) atoms. The van der Waals surface area contributed by atoms with Crippen molar-refractivity contribution in [1.29, 1.82) is 0 Å². The highest BCUT2D eigenvalue weighted by Gasteiger charge is 2.31. The van der Waals surface area contributed by atoms with Gasteiger partial charge >= 0.3 is 0 Å². The summed E-state index contributed by atoms with van der Waals surface area (Å²) in [7, 11) is 0. The Morgan fingerprint density at radius 3 is 1.21 bits per heavy atom. The summed E-state index contributed by atoms with van der Waals surface area (Å²) in [4.78, 5) is 0. The van der Waals surface area contributed by atoms with Crippen LogP contribution in [0.25, 0.3) is 27.5 Å². The van der Waals surface area contributed by atoms with Gasteiger partial charge < -0.3 is 4.57 Å². The van der Waals surface area contributed by atoms with Gasteiger partial charge in [0, 0.05) is 16.5 Å². The molecule has 2 heteroatoms. The molecule has 0 atom stereocenters. The number of benzene rings is 6. The molecule has 7 aromatic rings. The van der Waals surface area contributed by atoms with Gasteiger partial charge in [-0.05, 0) is 18.2 Å². The standard InChI is InChI=1S/C36H27BN/c1-4-15-28(16-5-1)37(29-17-6-2-7-18-29,30-19-8-3-9-20-30)31-21-14-22-32(27-31)38-35-25-12-10-23-33(35)34-24-11-13-26-36(34)38/h1-27H/q-1. The summed E-state index contributed by atoms with van der Waals surface area (Å²) >= 11 is 0. The van der Waals surface area contributed by atoms with Gasteiger partial charge in [0.05, 0.1) is 11.0 Å². The molecular weight excluding hydrogens is 457 g/mol. The van der Waals surface area contributed by atoms with Gasteiger partial charge in [0.1, 0.15) is 6.15 Å². The SMILES string of the molecule is c1ccc([B-](c2ccccc2)(c2ccccc2)c2cccc(-n3c4ccccc4c4ccccc43)c2)cc1. The molecule has 0 spiro atoms.